The highest BCUT2D eigenvalue weighted by molar-refractivity contribution is 5.97. The number of aryl methyl sites for hydroxylation is 1. The van der Waals surface area contributed by atoms with Crippen molar-refractivity contribution < 1.29 is 14.1 Å². The molecule has 2 saturated heterocycles. The first-order valence-electron chi connectivity index (χ1n) is 10.0. The molecule has 3 heterocycles. The van der Waals surface area contributed by atoms with Gasteiger partial charge in [0, 0.05) is 26.6 Å². The van der Waals surface area contributed by atoms with Crippen molar-refractivity contribution in [1.82, 2.24) is 19.9 Å². The Labute approximate surface area is 165 Å². The Hall–Kier alpha value is -2.41. The maximum Gasteiger partial charge on any atom is 0.257 e. The zero-order valence-electron chi connectivity index (χ0n) is 16.9. The lowest BCUT2D eigenvalue weighted by Gasteiger charge is -2.39. The number of aromatic nitrogens is 2. The Bertz CT molecular complexity index is 842. The molecule has 2 aliphatic heterocycles. The molecule has 0 saturated carbocycles. The molecule has 28 heavy (non-hydrogen) atoms. The number of hydrogen-bond acceptors (Lipinski definition) is 6. The second kappa shape index (κ2) is 7.54. The van der Waals surface area contributed by atoms with Crippen LogP contribution in [0.15, 0.2) is 28.8 Å². The molecule has 7 nitrogen and oxygen atoms in total. The SMILES string of the molecule is CCOc1ccccc1C(=O)N1CCC2(CC1)CC(c1noc(C)n1)N(C)C2. The van der Waals surface area contributed by atoms with Crippen molar-refractivity contribution in [3.8, 4) is 5.75 Å². The number of carbonyl (C=O) groups excluding carboxylic acids is 1. The summed E-state index contributed by atoms with van der Waals surface area (Å²) in [6, 6.07) is 7.71. The van der Waals surface area contributed by atoms with Crippen LogP contribution >= 0.6 is 0 Å². The second-order valence-corrected chi connectivity index (χ2v) is 8.03. The largest absolute Gasteiger partial charge is 0.493 e. The number of amides is 1. The molecule has 2 aromatic rings. The Morgan fingerprint density at radius 1 is 1.32 bits per heavy atom. The standard InChI is InChI=1S/C21H28N4O3/c1-4-27-18-8-6-5-7-16(18)20(26)25-11-9-21(10-12-25)13-17(24(3)14-21)19-22-15(2)28-23-19/h5-8,17H,4,9-14H2,1-3H3. The summed E-state index contributed by atoms with van der Waals surface area (Å²) in [5, 5.41) is 4.13. The van der Waals surface area contributed by atoms with Crippen molar-refractivity contribution in [2.24, 2.45) is 5.41 Å². The molecule has 1 atom stereocenters. The number of piperidine rings is 1. The van der Waals surface area contributed by atoms with E-state index >= 15 is 0 Å². The van der Waals surface area contributed by atoms with E-state index in [0.717, 1.165) is 44.7 Å². The summed E-state index contributed by atoms with van der Waals surface area (Å²) in [5.41, 5.74) is 0.869. The van der Waals surface area contributed by atoms with Gasteiger partial charge in [-0.15, -0.1) is 0 Å². The first-order valence-corrected chi connectivity index (χ1v) is 10.0. The molecule has 2 fully saturated rings. The number of carbonyl (C=O) groups is 1. The minimum Gasteiger partial charge on any atom is -0.493 e. The van der Waals surface area contributed by atoms with Gasteiger partial charge in [-0.3, -0.25) is 9.69 Å². The van der Waals surface area contributed by atoms with Crippen molar-refractivity contribution in [2.75, 3.05) is 33.3 Å². The quantitative estimate of drug-likeness (QED) is 0.807. The lowest BCUT2D eigenvalue weighted by Crippen LogP contribution is -2.44. The van der Waals surface area contributed by atoms with Crippen LogP contribution in [0.25, 0.3) is 0 Å². The van der Waals surface area contributed by atoms with Gasteiger partial charge in [0.25, 0.3) is 5.91 Å². The van der Waals surface area contributed by atoms with Crippen molar-refractivity contribution >= 4 is 5.91 Å². The van der Waals surface area contributed by atoms with Gasteiger partial charge in [-0.05, 0) is 50.8 Å². The third-order valence-electron chi connectivity index (χ3n) is 6.11. The van der Waals surface area contributed by atoms with Gasteiger partial charge in [0.2, 0.25) is 5.89 Å². The van der Waals surface area contributed by atoms with Crippen LogP contribution in [0, 0.1) is 12.3 Å². The van der Waals surface area contributed by atoms with E-state index in [1.807, 2.05) is 43.0 Å². The summed E-state index contributed by atoms with van der Waals surface area (Å²) in [7, 11) is 2.13. The number of hydrogen-bond donors (Lipinski definition) is 0. The highest BCUT2D eigenvalue weighted by Crippen LogP contribution is 2.47. The van der Waals surface area contributed by atoms with E-state index in [9.17, 15) is 4.79 Å². The summed E-state index contributed by atoms with van der Waals surface area (Å²) >= 11 is 0. The van der Waals surface area contributed by atoms with Gasteiger partial charge in [0.1, 0.15) is 5.75 Å². The molecule has 150 valence electrons. The number of nitrogens with zero attached hydrogens (tertiary/aromatic N) is 4. The van der Waals surface area contributed by atoms with Gasteiger partial charge >= 0.3 is 0 Å². The number of benzene rings is 1. The lowest BCUT2D eigenvalue weighted by atomic mass is 9.76. The number of likely N-dealkylation sites (tertiary alicyclic amines) is 2. The molecular formula is C21H28N4O3. The van der Waals surface area contributed by atoms with Gasteiger partial charge in [0.05, 0.1) is 18.2 Å². The second-order valence-electron chi connectivity index (χ2n) is 8.03. The number of para-hydroxylation sites is 1. The topological polar surface area (TPSA) is 71.7 Å². The zero-order valence-corrected chi connectivity index (χ0v) is 16.9. The van der Waals surface area contributed by atoms with Gasteiger partial charge < -0.3 is 14.2 Å². The predicted molar refractivity (Wildman–Crippen MR) is 104 cm³/mol. The van der Waals surface area contributed by atoms with Gasteiger partial charge in [-0.2, -0.15) is 4.98 Å². The molecule has 1 unspecified atom stereocenters. The summed E-state index contributed by atoms with van der Waals surface area (Å²) in [6.45, 7) is 6.85. The minimum atomic E-state index is 0.0654. The van der Waals surface area contributed by atoms with E-state index in [-0.39, 0.29) is 17.4 Å². The van der Waals surface area contributed by atoms with Gasteiger partial charge in [0.15, 0.2) is 5.82 Å². The molecule has 1 aromatic carbocycles. The summed E-state index contributed by atoms with van der Waals surface area (Å²) in [5.74, 6) is 2.12. The van der Waals surface area contributed by atoms with Crippen LogP contribution in [0.4, 0.5) is 0 Å². The smallest absolute Gasteiger partial charge is 0.257 e. The van der Waals surface area contributed by atoms with E-state index < -0.39 is 0 Å². The number of rotatable bonds is 4. The van der Waals surface area contributed by atoms with Crippen molar-refractivity contribution in [1.29, 1.82) is 0 Å². The van der Waals surface area contributed by atoms with E-state index in [1.54, 1.807) is 0 Å². The highest BCUT2D eigenvalue weighted by Gasteiger charge is 2.46. The monoisotopic (exact) mass is 384 g/mol. The van der Waals surface area contributed by atoms with Crippen LogP contribution in [0.1, 0.15) is 54.3 Å². The number of ether oxygens (including phenoxy) is 1. The molecule has 0 bridgehead atoms. The van der Waals surface area contributed by atoms with Crippen LogP contribution in [-0.2, 0) is 0 Å². The molecule has 1 amide bonds. The fraction of sp³-hybridized carbons (Fsp3) is 0.571. The average Bonchev–Trinajstić information content (AvgIpc) is 3.26. The molecule has 0 N–H and O–H groups in total. The van der Waals surface area contributed by atoms with Crippen molar-refractivity contribution in [3.05, 3.63) is 41.5 Å². The first kappa shape index (κ1) is 18.9. The van der Waals surface area contributed by atoms with E-state index in [4.69, 9.17) is 9.26 Å². The highest BCUT2D eigenvalue weighted by atomic mass is 16.5. The Kier molecular flexibility index (Phi) is 5.10. The maximum atomic E-state index is 13.1. The normalized spacial score (nSPS) is 22.0. The molecular weight excluding hydrogens is 356 g/mol. The van der Waals surface area contributed by atoms with E-state index in [2.05, 4.69) is 22.1 Å². The predicted octanol–water partition coefficient (Wildman–Crippen LogP) is 3.08. The Morgan fingerprint density at radius 3 is 2.75 bits per heavy atom. The Balaban J connectivity index is 1.43. The maximum absolute atomic E-state index is 13.1. The molecule has 4 rings (SSSR count). The molecule has 1 aromatic heterocycles. The van der Waals surface area contributed by atoms with E-state index in [0.29, 0.717) is 23.8 Å². The van der Waals surface area contributed by atoms with Gasteiger partial charge in [-0.25, -0.2) is 0 Å². The summed E-state index contributed by atoms with van der Waals surface area (Å²) in [4.78, 5) is 21.8. The Morgan fingerprint density at radius 2 is 2.07 bits per heavy atom. The van der Waals surface area contributed by atoms with Crippen LogP contribution < -0.4 is 4.74 Å². The van der Waals surface area contributed by atoms with E-state index in [1.165, 1.54) is 0 Å². The first-order chi connectivity index (χ1) is 13.5. The van der Waals surface area contributed by atoms with Crippen LogP contribution in [0.3, 0.4) is 0 Å². The lowest BCUT2D eigenvalue weighted by molar-refractivity contribution is 0.0589. The summed E-state index contributed by atoms with van der Waals surface area (Å²) in [6.07, 6.45) is 3.00. The molecule has 0 aliphatic carbocycles. The average molecular weight is 384 g/mol. The summed E-state index contributed by atoms with van der Waals surface area (Å²) < 4.78 is 10.8. The zero-order chi connectivity index (χ0) is 19.7. The third-order valence-corrected chi connectivity index (χ3v) is 6.11. The minimum absolute atomic E-state index is 0.0654. The molecule has 7 heteroatoms. The molecule has 2 aliphatic rings. The molecule has 0 radical (unpaired) electrons. The molecule has 1 spiro atoms. The van der Waals surface area contributed by atoms with Crippen molar-refractivity contribution in [2.45, 2.75) is 39.2 Å². The van der Waals surface area contributed by atoms with Crippen LogP contribution in [-0.4, -0.2) is 59.1 Å². The van der Waals surface area contributed by atoms with Gasteiger partial charge in [-0.1, -0.05) is 17.3 Å². The third kappa shape index (κ3) is 3.51. The fourth-order valence-corrected chi connectivity index (χ4v) is 4.65. The van der Waals surface area contributed by atoms with Crippen molar-refractivity contribution in [3.63, 3.8) is 0 Å². The van der Waals surface area contributed by atoms with Crippen LogP contribution in [0.5, 0.6) is 5.75 Å². The van der Waals surface area contributed by atoms with Crippen LogP contribution in [0.2, 0.25) is 0 Å². The fourth-order valence-electron chi connectivity index (χ4n) is 4.65.